The van der Waals surface area contributed by atoms with E-state index in [0.29, 0.717) is 0 Å². The quantitative estimate of drug-likeness (QED) is 0.400. The molecule has 3 N–H and O–H groups in total. The molecular weight excluding hydrogens is 475 g/mol. The fraction of sp³-hybridized carbons (Fsp3) is 0.333. The van der Waals surface area contributed by atoms with E-state index in [-0.39, 0.29) is 38.4 Å². The second-order valence-electron chi connectivity index (χ2n) is 8.24. The molecule has 0 bridgehead atoms. The van der Waals surface area contributed by atoms with E-state index in [4.69, 9.17) is 27.9 Å². The Hall–Kier alpha value is -3.24. The summed E-state index contributed by atoms with van der Waals surface area (Å²) in [5.74, 6) is -2.04. The molecule has 0 saturated heterocycles. The third-order valence-corrected chi connectivity index (χ3v) is 5.95. The normalized spacial score (nSPS) is 14.8. The molecule has 1 aromatic carbocycles. The first kappa shape index (κ1) is 22.9. The van der Waals surface area contributed by atoms with Crippen LogP contribution in [0.15, 0.2) is 31.3 Å². The highest BCUT2D eigenvalue weighted by Gasteiger charge is 2.39. The van der Waals surface area contributed by atoms with Gasteiger partial charge in [0, 0.05) is 22.7 Å². The number of H-pyrrole nitrogens is 2. The van der Waals surface area contributed by atoms with Crippen LogP contribution < -0.4 is 27.2 Å². The number of benzene rings is 1. The summed E-state index contributed by atoms with van der Waals surface area (Å²) in [6.45, 7) is 6.58. The zero-order valence-corrected chi connectivity index (χ0v) is 19.5. The largest absolute Gasteiger partial charge is 0.494 e. The molecule has 0 amide bonds. The SMILES string of the molecule is CC(C)n1c(O)c([C@H]2c3cc(Cl)cc(Cl)c3Oc3[nH]c(=O)n(C(C)C)c(=O)c32)c(=O)[nH]c1=O. The fourth-order valence-corrected chi connectivity index (χ4v) is 4.65. The van der Waals surface area contributed by atoms with Crippen molar-refractivity contribution in [3.63, 3.8) is 0 Å². The summed E-state index contributed by atoms with van der Waals surface area (Å²) in [4.78, 5) is 56.1. The maximum Gasteiger partial charge on any atom is 0.331 e. The van der Waals surface area contributed by atoms with E-state index in [1.807, 2.05) is 0 Å². The van der Waals surface area contributed by atoms with Crippen LogP contribution in [0.5, 0.6) is 17.5 Å². The van der Waals surface area contributed by atoms with Crippen molar-refractivity contribution in [2.24, 2.45) is 0 Å². The van der Waals surface area contributed by atoms with Gasteiger partial charge in [-0.3, -0.25) is 28.7 Å². The second kappa shape index (κ2) is 7.96. The van der Waals surface area contributed by atoms with E-state index >= 15 is 0 Å². The van der Waals surface area contributed by atoms with E-state index in [9.17, 15) is 24.3 Å². The zero-order chi connectivity index (χ0) is 24.4. The minimum atomic E-state index is -1.25. The molecule has 4 rings (SSSR count). The molecule has 0 spiro atoms. The van der Waals surface area contributed by atoms with Crippen LogP contribution in [0.4, 0.5) is 0 Å². The summed E-state index contributed by atoms with van der Waals surface area (Å²) in [6.07, 6.45) is 0. The van der Waals surface area contributed by atoms with Crippen LogP contribution in [0, 0.1) is 0 Å². The number of hydrogen-bond donors (Lipinski definition) is 3. The van der Waals surface area contributed by atoms with Crippen LogP contribution in [0.2, 0.25) is 10.0 Å². The molecule has 0 aliphatic carbocycles. The third kappa shape index (κ3) is 3.50. The Bertz CT molecular complexity index is 1530. The predicted molar refractivity (Wildman–Crippen MR) is 123 cm³/mol. The minimum Gasteiger partial charge on any atom is -0.494 e. The molecule has 1 aliphatic heterocycles. The minimum absolute atomic E-state index is 0.0528. The number of nitrogens with zero attached hydrogens (tertiary/aromatic N) is 2. The summed E-state index contributed by atoms with van der Waals surface area (Å²) in [7, 11) is 0. The maximum atomic E-state index is 13.5. The number of aromatic nitrogens is 4. The Morgan fingerprint density at radius 1 is 0.939 bits per heavy atom. The summed E-state index contributed by atoms with van der Waals surface area (Å²) >= 11 is 12.5. The Morgan fingerprint density at radius 2 is 1.55 bits per heavy atom. The average molecular weight is 495 g/mol. The number of aromatic hydroxyl groups is 1. The first-order chi connectivity index (χ1) is 15.4. The van der Waals surface area contributed by atoms with Crippen LogP contribution in [0.1, 0.15) is 62.4 Å². The first-order valence-electron chi connectivity index (χ1n) is 10.1. The van der Waals surface area contributed by atoms with Gasteiger partial charge in [-0.2, -0.15) is 0 Å². The van der Waals surface area contributed by atoms with Gasteiger partial charge in [-0.15, -0.1) is 0 Å². The van der Waals surface area contributed by atoms with Gasteiger partial charge in [-0.25, -0.2) is 9.59 Å². The highest BCUT2D eigenvalue weighted by molar-refractivity contribution is 6.35. The van der Waals surface area contributed by atoms with Crippen LogP contribution in [0.3, 0.4) is 0 Å². The van der Waals surface area contributed by atoms with Gasteiger partial charge in [0.05, 0.1) is 22.1 Å². The summed E-state index contributed by atoms with van der Waals surface area (Å²) in [5, 5.41) is 11.3. The van der Waals surface area contributed by atoms with Crippen molar-refractivity contribution in [1.82, 2.24) is 19.1 Å². The van der Waals surface area contributed by atoms with Gasteiger partial charge in [0.2, 0.25) is 11.8 Å². The van der Waals surface area contributed by atoms with Crippen LogP contribution >= 0.6 is 23.2 Å². The highest BCUT2D eigenvalue weighted by Crippen LogP contribution is 2.49. The van der Waals surface area contributed by atoms with Crippen molar-refractivity contribution in [2.45, 2.75) is 45.7 Å². The lowest BCUT2D eigenvalue weighted by molar-refractivity contribution is 0.368. The van der Waals surface area contributed by atoms with Crippen LogP contribution in [-0.4, -0.2) is 24.2 Å². The number of rotatable bonds is 3. The molecule has 3 heterocycles. The highest BCUT2D eigenvalue weighted by atomic mass is 35.5. The summed E-state index contributed by atoms with van der Waals surface area (Å²) in [6, 6.07) is 1.81. The van der Waals surface area contributed by atoms with Gasteiger partial charge in [0.1, 0.15) is 0 Å². The molecule has 12 heteroatoms. The molecule has 0 saturated carbocycles. The predicted octanol–water partition coefficient (Wildman–Crippen LogP) is 2.85. The summed E-state index contributed by atoms with van der Waals surface area (Å²) < 4.78 is 7.73. The molecule has 0 unspecified atom stereocenters. The monoisotopic (exact) mass is 494 g/mol. The lowest BCUT2D eigenvalue weighted by Crippen LogP contribution is -2.42. The molecule has 1 atom stereocenters. The first-order valence-corrected chi connectivity index (χ1v) is 10.8. The van der Waals surface area contributed by atoms with Gasteiger partial charge >= 0.3 is 11.4 Å². The standard InChI is InChI=1S/C21H20Cl2N4O6/c1-7(2)26-18(29)13(16(28)24-20(26)31)12-10-5-9(22)6-11(23)15(10)33-17-14(12)19(30)27(8(3)4)21(32)25-17/h5-8,12,29H,1-4H3,(H,25,32)(H,24,28,31)/t12-/m1/s1. The zero-order valence-electron chi connectivity index (χ0n) is 18.0. The molecule has 1 aliphatic rings. The van der Waals surface area contributed by atoms with Crippen molar-refractivity contribution in [1.29, 1.82) is 0 Å². The Labute approximate surface area is 196 Å². The van der Waals surface area contributed by atoms with Crippen LogP contribution in [-0.2, 0) is 0 Å². The molecule has 33 heavy (non-hydrogen) atoms. The van der Waals surface area contributed by atoms with E-state index < -0.39 is 46.4 Å². The van der Waals surface area contributed by atoms with Gasteiger partial charge < -0.3 is 9.84 Å². The number of nitrogens with one attached hydrogen (secondary N) is 2. The topological polar surface area (TPSA) is 139 Å². The van der Waals surface area contributed by atoms with E-state index in [1.54, 1.807) is 27.7 Å². The maximum absolute atomic E-state index is 13.5. The molecule has 2 aromatic heterocycles. The number of halogens is 2. The Morgan fingerprint density at radius 3 is 2.15 bits per heavy atom. The van der Waals surface area contributed by atoms with Crippen molar-refractivity contribution in [2.75, 3.05) is 0 Å². The Kier molecular flexibility index (Phi) is 5.53. The average Bonchev–Trinajstić information content (AvgIpc) is 2.67. The van der Waals surface area contributed by atoms with E-state index in [0.717, 1.165) is 9.13 Å². The van der Waals surface area contributed by atoms with Crippen LogP contribution in [0.25, 0.3) is 0 Å². The second-order valence-corrected chi connectivity index (χ2v) is 9.09. The van der Waals surface area contributed by atoms with Gasteiger partial charge in [0.25, 0.3) is 11.1 Å². The van der Waals surface area contributed by atoms with Crippen molar-refractivity contribution in [3.05, 3.63) is 80.5 Å². The molecule has 174 valence electrons. The fourth-order valence-electron chi connectivity index (χ4n) is 4.10. The number of fused-ring (bicyclic) bond motifs is 2. The molecule has 0 fully saturated rings. The van der Waals surface area contributed by atoms with Gasteiger partial charge in [0.15, 0.2) is 5.75 Å². The van der Waals surface area contributed by atoms with Gasteiger partial charge in [-0.1, -0.05) is 23.2 Å². The van der Waals surface area contributed by atoms with Crippen molar-refractivity contribution in [3.8, 4) is 17.5 Å². The lowest BCUT2D eigenvalue weighted by Gasteiger charge is -2.29. The molecular formula is C21H20Cl2N4O6. The molecule has 10 nitrogen and oxygen atoms in total. The molecule has 0 radical (unpaired) electrons. The molecule has 3 aromatic rings. The Balaban J connectivity index is 2.22. The summed E-state index contributed by atoms with van der Waals surface area (Å²) in [5.41, 5.74) is -3.34. The number of hydrogen-bond acceptors (Lipinski definition) is 6. The number of aromatic amines is 2. The third-order valence-electron chi connectivity index (χ3n) is 5.45. The van der Waals surface area contributed by atoms with Gasteiger partial charge in [-0.05, 0) is 39.8 Å². The van der Waals surface area contributed by atoms with E-state index in [1.165, 1.54) is 12.1 Å². The smallest absolute Gasteiger partial charge is 0.331 e. The number of ether oxygens (including phenoxy) is 1. The van der Waals surface area contributed by atoms with Crippen molar-refractivity contribution < 1.29 is 9.84 Å². The van der Waals surface area contributed by atoms with Crippen molar-refractivity contribution >= 4 is 23.2 Å². The lowest BCUT2D eigenvalue weighted by atomic mass is 9.84. The van der Waals surface area contributed by atoms with E-state index in [2.05, 4.69) is 9.97 Å².